The van der Waals surface area contributed by atoms with Crippen LogP contribution in [0.25, 0.3) is 0 Å². The summed E-state index contributed by atoms with van der Waals surface area (Å²) in [5.74, 6) is 0.104. The molecule has 1 saturated heterocycles. The highest BCUT2D eigenvalue weighted by Crippen LogP contribution is 2.23. The lowest BCUT2D eigenvalue weighted by atomic mass is 10.0. The molecule has 1 amide bonds. The Morgan fingerprint density at radius 2 is 2.10 bits per heavy atom. The van der Waals surface area contributed by atoms with Crippen LogP contribution in [0.3, 0.4) is 0 Å². The number of likely N-dealkylation sites (tertiary alicyclic amines) is 1. The molecule has 1 aliphatic rings. The van der Waals surface area contributed by atoms with Gasteiger partial charge >= 0.3 is 0 Å². The molecule has 2 aromatic heterocycles. The second-order valence-electron chi connectivity index (χ2n) is 5.53. The molecule has 1 fully saturated rings. The smallest absolute Gasteiger partial charge is 0.272 e. The van der Waals surface area contributed by atoms with Gasteiger partial charge in [0.05, 0.1) is 0 Å². The molecule has 0 aliphatic carbocycles. The molecule has 1 atom stereocenters. The first-order chi connectivity index (χ1) is 10.3. The molecule has 21 heavy (non-hydrogen) atoms. The highest BCUT2D eigenvalue weighted by Gasteiger charge is 2.30. The third-order valence-corrected chi connectivity index (χ3v) is 4.19. The van der Waals surface area contributed by atoms with Crippen molar-refractivity contribution in [1.29, 1.82) is 0 Å². The van der Waals surface area contributed by atoms with E-state index in [9.17, 15) is 4.79 Å². The predicted molar refractivity (Wildman–Crippen MR) is 79.8 cm³/mol. The Hall–Kier alpha value is -2.17. The summed E-state index contributed by atoms with van der Waals surface area (Å²) in [5, 5.41) is 4.09. The summed E-state index contributed by atoms with van der Waals surface area (Å²) in [6, 6.07) is 6.21. The van der Waals surface area contributed by atoms with Gasteiger partial charge in [0.15, 0.2) is 0 Å². The Bertz CT molecular complexity index is 608. The molecular formula is C16H20N4O. The van der Waals surface area contributed by atoms with E-state index in [4.69, 9.17) is 0 Å². The predicted octanol–water partition coefficient (Wildman–Crippen LogP) is 2.05. The third kappa shape index (κ3) is 2.96. The van der Waals surface area contributed by atoms with Crippen LogP contribution < -0.4 is 0 Å². The zero-order chi connectivity index (χ0) is 14.7. The zero-order valence-corrected chi connectivity index (χ0v) is 12.3. The van der Waals surface area contributed by atoms with Crippen LogP contribution in [-0.2, 0) is 13.5 Å². The van der Waals surface area contributed by atoms with Gasteiger partial charge in [-0.3, -0.25) is 14.5 Å². The molecule has 3 heterocycles. The van der Waals surface area contributed by atoms with Crippen molar-refractivity contribution in [2.24, 2.45) is 7.05 Å². The van der Waals surface area contributed by atoms with Crippen molar-refractivity contribution < 1.29 is 4.79 Å². The van der Waals surface area contributed by atoms with Gasteiger partial charge in [-0.05, 0) is 49.4 Å². The van der Waals surface area contributed by atoms with E-state index in [-0.39, 0.29) is 5.91 Å². The van der Waals surface area contributed by atoms with Crippen LogP contribution in [0.15, 0.2) is 36.8 Å². The van der Waals surface area contributed by atoms with E-state index in [1.165, 1.54) is 5.56 Å². The molecule has 0 aromatic carbocycles. The third-order valence-electron chi connectivity index (χ3n) is 4.19. The first kappa shape index (κ1) is 13.8. The number of carbonyl (C=O) groups is 1. The van der Waals surface area contributed by atoms with E-state index < -0.39 is 0 Å². The number of aromatic nitrogens is 3. The van der Waals surface area contributed by atoms with Gasteiger partial charge in [-0.2, -0.15) is 5.10 Å². The maximum atomic E-state index is 12.6. The number of pyridine rings is 1. The minimum atomic E-state index is 0.104. The summed E-state index contributed by atoms with van der Waals surface area (Å²) in [7, 11) is 1.81. The lowest BCUT2D eigenvalue weighted by Gasteiger charge is -2.24. The molecule has 0 spiro atoms. The molecular weight excluding hydrogens is 264 g/mol. The Kier molecular flexibility index (Phi) is 3.99. The number of carbonyl (C=O) groups excluding carboxylic acids is 1. The average molecular weight is 284 g/mol. The number of hydrogen-bond donors (Lipinski definition) is 0. The molecule has 0 radical (unpaired) electrons. The van der Waals surface area contributed by atoms with E-state index in [2.05, 4.69) is 10.1 Å². The van der Waals surface area contributed by atoms with E-state index in [1.54, 1.807) is 16.9 Å². The Balaban J connectivity index is 1.65. The summed E-state index contributed by atoms with van der Waals surface area (Å²) in [6.45, 7) is 0.852. The normalized spacial score (nSPS) is 18.1. The molecule has 1 unspecified atom stereocenters. The van der Waals surface area contributed by atoms with Gasteiger partial charge in [0, 0.05) is 38.2 Å². The van der Waals surface area contributed by atoms with Crippen molar-refractivity contribution >= 4 is 5.91 Å². The Morgan fingerprint density at radius 3 is 2.81 bits per heavy atom. The van der Waals surface area contributed by atoms with Crippen LogP contribution in [0.4, 0.5) is 0 Å². The zero-order valence-electron chi connectivity index (χ0n) is 12.3. The summed E-state index contributed by atoms with van der Waals surface area (Å²) in [5.41, 5.74) is 1.95. The van der Waals surface area contributed by atoms with Crippen LogP contribution in [0.1, 0.15) is 35.3 Å². The second kappa shape index (κ2) is 6.08. The Morgan fingerprint density at radius 1 is 1.29 bits per heavy atom. The number of aryl methyl sites for hydroxylation is 2. The van der Waals surface area contributed by atoms with Gasteiger partial charge in [0.25, 0.3) is 5.91 Å². The summed E-state index contributed by atoms with van der Waals surface area (Å²) in [6.07, 6.45) is 9.50. The maximum absolute atomic E-state index is 12.6. The van der Waals surface area contributed by atoms with Crippen LogP contribution in [-0.4, -0.2) is 38.2 Å². The highest BCUT2D eigenvalue weighted by molar-refractivity contribution is 5.92. The average Bonchev–Trinajstić information content (AvgIpc) is 3.14. The molecule has 0 bridgehead atoms. The number of hydrogen-bond acceptors (Lipinski definition) is 3. The molecule has 1 aliphatic heterocycles. The van der Waals surface area contributed by atoms with Crippen LogP contribution in [0, 0.1) is 0 Å². The van der Waals surface area contributed by atoms with E-state index >= 15 is 0 Å². The van der Waals surface area contributed by atoms with Gasteiger partial charge in [-0.25, -0.2) is 0 Å². The van der Waals surface area contributed by atoms with Crippen molar-refractivity contribution in [3.63, 3.8) is 0 Å². The van der Waals surface area contributed by atoms with Crippen LogP contribution in [0.2, 0.25) is 0 Å². The quantitative estimate of drug-likeness (QED) is 0.863. The van der Waals surface area contributed by atoms with E-state index in [1.807, 2.05) is 36.5 Å². The lowest BCUT2D eigenvalue weighted by Crippen LogP contribution is -2.36. The molecule has 0 saturated carbocycles. The van der Waals surface area contributed by atoms with Gasteiger partial charge in [0.2, 0.25) is 0 Å². The summed E-state index contributed by atoms with van der Waals surface area (Å²) < 4.78 is 1.65. The van der Waals surface area contributed by atoms with Gasteiger partial charge in [-0.1, -0.05) is 0 Å². The SMILES string of the molecule is Cn1nccc1C(=O)N1CCCC1CCc1ccncc1. The van der Waals surface area contributed by atoms with Crippen molar-refractivity contribution in [2.75, 3.05) is 6.54 Å². The maximum Gasteiger partial charge on any atom is 0.272 e. The molecule has 110 valence electrons. The van der Waals surface area contributed by atoms with Gasteiger partial charge < -0.3 is 4.90 Å². The van der Waals surface area contributed by atoms with Crippen molar-refractivity contribution in [3.05, 3.63) is 48.0 Å². The first-order valence-corrected chi connectivity index (χ1v) is 7.43. The monoisotopic (exact) mass is 284 g/mol. The topological polar surface area (TPSA) is 51.0 Å². The molecule has 3 rings (SSSR count). The first-order valence-electron chi connectivity index (χ1n) is 7.43. The van der Waals surface area contributed by atoms with E-state index in [0.29, 0.717) is 11.7 Å². The van der Waals surface area contributed by atoms with Crippen molar-refractivity contribution in [2.45, 2.75) is 31.7 Å². The fourth-order valence-corrected chi connectivity index (χ4v) is 3.02. The van der Waals surface area contributed by atoms with Crippen molar-refractivity contribution in [3.8, 4) is 0 Å². The number of amides is 1. The fourth-order valence-electron chi connectivity index (χ4n) is 3.02. The largest absolute Gasteiger partial charge is 0.334 e. The number of rotatable bonds is 4. The summed E-state index contributed by atoms with van der Waals surface area (Å²) in [4.78, 5) is 18.7. The fraction of sp³-hybridized carbons (Fsp3) is 0.438. The van der Waals surface area contributed by atoms with Crippen LogP contribution >= 0.6 is 0 Å². The summed E-state index contributed by atoms with van der Waals surface area (Å²) >= 11 is 0. The van der Waals surface area contributed by atoms with Crippen LogP contribution in [0.5, 0.6) is 0 Å². The van der Waals surface area contributed by atoms with Gasteiger partial charge in [0.1, 0.15) is 5.69 Å². The minimum Gasteiger partial charge on any atom is -0.334 e. The molecule has 2 aromatic rings. The van der Waals surface area contributed by atoms with E-state index in [0.717, 1.165) is 32.2 Å². The Labute approximate surface area is 124 Å². The molecule has 5 heteroatoms. The second-order valence-corrected chi connectivity index (χ2v) is 5.53. The highest BCUT2D eigenvalue weighted by atomic mass is 16.2. The van der Waals surface area contributed by atoms with Gasteiger partial charge in [-0.15, -0.1) is 0 Å². The lowest BCUT2D eigenvalue weighted by molar-refractivity contribution is 0.0719. The molecule has 0 N–H and O–H groups in total. The minimum absolute atomic E-state index is 0.104. The molecule has 5 nitrogen and oxygen atoms in total. The number of nitrogens with zero attached hydrogens (tertiary/aromatic N) is 4. The standard InChI is InChI=1S/C16H20N4O/c1-19-15(8-11-18-19)16(21)20-12-2-3-14(20)5-4-13-6-9-17-10-7-13/h6-11,14H,2-5,12H2,1H3. The van der Waals surface area contributed by atoms with Crippen molar-refractivity contribution in [1.82, 2.24) is 19.7 Å².